The number of nitrogens with two attached hydrogens (primary N) is 1. The molecule has 0 unspecified atom stereocenters. The number of likely N-dealkylation sites (tertiary alicyclic amines) is 1. The van der Waals surface area contributed by atoms with E-state index >= 15 is 0 Å². The van der Waals surface area contributed by atoms with Crippen LogP contribution in [0.3, 0.4) is 0 Å². The van der Waals surface area contributed by atoms with E-state index in [0.29, 0.717) is 0 Å². The fourth-order valence-electron chi connectivity index (χ4n) is 3.56. The Morgan fingerprint density at radius 1 is 0.958 bits per heavy atom. The smallest absolute Gasteiger partial charge is 0.0393 e. The number of hydrogen-bond acceptors (Lipinski definition) is 2. The molecule has 2 N–H and O–H groups in total. The van der Waals surface area contributed by atoms with Crippen molar-refractivity contribution >= 4 is 11.3 Å². The standard InChI is InChI=1S/C22H28N2/c1-2-3-15-24-16-13-19(14-17-24)22(18-9-5-4-6-10-18)20-11-7-8-12-21(20)23/h4-12H,2-3,13-17,23H2,1H3. The Balaban J connectivity index is 1.93. The van der Waals surface area contributed by atoms with Crippen molar-refractivity contribution in [1.29, 1.82) is 0 Å². The van der Waals surface area contributed by atoms with Crippen LogP contribution in [-0.2, 0) is 0 Å². The summed E-state index contributed by atoms with van der Waals surface area (Å²) in [6.45, 7) is 5.83. The lowest BCUT2D eigenvalue weighted by Crippen LogP contribution is -2.31. The Morgan fingerprint density at radius 3 is 2.29 bits per heavy atom. The zero-order chi connectivity index (χ0) is 16.8. The van der Waals surface area contributed by atoms with Gasteiger partial charge >= 0.3 is 0 Å². The van der Waals surface area contributed by atoms with Gasteiger partial charge in [-0.05, 0) is 43.0 Å². The van der Waals surface area contributed by atoms with Gasteiger partial charge in [0.15, 0.2) is 0 Å². The summed E-state index contributed by atoms with van der Waals surface area (Å²) in [5, 5.41) is 0. The average Bonchev–Trinajstić information content (AvgIpc) is 2.64. The van der Waals surface area contributed by atoms with E-state index in [9.17, 15) is 0 Å². The van der Waals surface area contributed by atoms with E-state index in [1.54, 1.807) is 5.57 Å². The first-order valence-corrected chi connectivity index (χ1v) is 9.14. The minimum Gasteiger partial charge on any atom is -0.398 e. The van der Waals surface area contributed by atoms with E-state index in [0.717, 1.165) is 18.5 Å². The van der Waals surface area contributed by atoms with Crippen LogP contribution in [0.1, 0.15) is 43.7 Å². The van der Waals surface area contributed by atoms with Gasteiger partial charge in [0, 0.05) is 24.3 Å². The van der Waals surface area contributed by atoms with Gasteiger partial charge in [-0.3, -0.25) is 0 Å². The van der Waals surface area contributed by atoms with E-state index in [1.165, 1.54) is 49.2 Å². The van der Waals surface area contributed by atoms with E-state index in [-0.39, 0.29) is 0 Å². The molecule has 1 aliphatic heterocycles. The Bertz CT molecular complexity index is 678. The molecule has 0 bridgehead atoms. The number of unbranched alkanes of at least 4 members (excludes halogenated alkanes) is 1. The minimum absolute atomic E-state index is 0.872. The summed E-state index contributed by atoms with van der Waals surface area (Å²) in [7, 11) is 0. The van der Waals surface area contributed by atoms with Crippen molar-refractivity contribution < 1.29 is 0 Å². The molecule has 2 aromatic rings. The van der Waals surface area contributed by atoms with Crippen LogP contribution in [0.2, 0.25) is 0 Å². The van der Waals surface area contributed by atoms with Crippen LogP contribution in [0.4, 0.5) is 5.69 Å². The van der Waals surface area contributed by atoms with Gasteiger partial charge in [0.1, 0.15) is 0 Å². The number of para-hydroxylation sites is 1. The van der Waals surface area contributed by atoms with Crippen LogP contribution in [-0.4, -0.2) is 24.5 Å². The molecule has 2 heteroatoms. The first kappa shape index (κ1) is 16.8. The van der Waals surface area contributed by atoms with Crippen molar-refractivity contribution in [2.24, 2.45) is 0 Å². The second kappa shape index (κ2) is 8.16. The van der Waals surface area contributed by atoms with E-state index in [2.05, 4.69) is 54.3 Å². The zero-order valence-corrected chi connectivity index (χ0v) is 14.7. The highest BCUT2D eigenvalue weighted by molar-refractivity contribution is 5.87. The van der Waals surface area contributed by atoms with Crippen LogP contribution in [0.5, 0.6) is 0 Å². The van der Waals surface area contributed by atoms with E-state index in [4.69, 9.17) is 5.73 Å². The molecule has 24 heavy (non-hydrogen) atoms. The van der Waals surface area contributed by atoms with Gasteiger partial charge in [0.25, 0.3) is 0 Å². The third kappa shape index (κ3) is 3.88. The quantitative estimate of drug-likeness (QED) is 0.788. The molecule has 0 radical (unpaired) electrons. The lowest BCUT2D eigenvalue weighted by Gasteiger charge is -2.30. The molecule has 1 aliphatic rings. The van der Waals surface area contributed by atoms with Crippen molar-refractivity contribution in [2.45, 2.75) is 32.6 Å². The summed E-state index contributed by atoms with van der Waals surface area (Å²) in [6, 6.07) is 19.0. The molecule has 0 amide bonds. The van der Waals surface area contributed by atoms with Crippen LogP contribution in [0.15, 0.2) is 60.2 Å². The van der Waals surface area contributed by atoms with Crippen LogP contribution in [0, 0.1) is 0 Å². The Hall–Kier alpha value is -2.06. The number of hydrogen-bond donors (Lipinski definition) is 1. The van der Waals surface area contributed by atoms with Gasteiger partial charge in [-0.15, -0.1) is 0 Å². The van der Waals surface area contributed by atoms with Gasteiger partial charge in [0.05, 0.1) is 0 Å². The third-order valence-electron chi connectivity index (χ3n) is 4.93. The largest absolute Gasteiger partial charge is 0.398 e. The van der Waals surface area contributed by atoms with Crippen molar-refractivity contribution in [1.82, 2.24) is 4.90 Å². The third-order valence-corrected chi connectivity index (χ3v) is 4.93. The highest BCUT2D eigenvalue weighted by Gasteiger charge is 2.19. The molecular formula is C22H28N2. The topological polar surface area (TPSA) is 29.3 Å². The summed E-state index contributed by atoms with van der Waals surface area (Å²) in [6.07, 6.45) is 4.86. The molecule has 2 nitrogen and oxygen atoms in total. The highest BCUT2D eigenvalue weighted by atomic mass is 15.1. The molecule has 126 valence electrons. The first-order valence-electron chi connectivity index (χ1n) is 9.14. The summed E-state index contributed by atoms with van der Waals surface area (Å²) in [5.74, 6) is 0. The lowest BCUT2D eigenvalue weighted by atomic mass is 9.87. The van der Waals surface area contributed by atoms with E-state index < -0.39 is 0 Å². The molecule has 1 fully saturated rings. The maximum atomic E-state index is 6.31. The highest BCUT2D eigenvalue weighted by Crippen LogP contribution is 2.34. The molecule has 0 atom stereocenters. The van der Waals surface area contributed by atoms with Crippen molar-refractivity contribution in [3.05, 3.63) is 71.3 Å². The Kier molecular flexibility index (Phi) is 5.71. The fourth-order valence-corrected chi connectivity index (χ4v) is 3.56. The monoisotopic (exact) mass is 320 g/mol. The molecule has 3 rings (SSSR count). The van der Waals surface area contributed by atoms with Gasteiger partial charge in [-0.25, -0.2) is 0 Å². The number of piperidine rings is 1. The van der Waals surface area contributed by atoms with Crippen molar-refractivity contribution in [3.63, 3.8) is 0 Å². The van der Waals surface area contributed by atoms with Gasteiger partial charge < -0.3 is 10.6 Å². The molecule has 0 spiro atoms. The molecule has 2 aromatic carbocycles. The second-order valence-electron chi connectivity index (χ2n) is 6.63. The summed E-state index contributed by atoms with van der Waals surface area (Å²) in [5.41, 5.74) is 12.6. The molecular weight excluding hydrogens is 292 g/mol. The van der Waals surface area contributed by atoms with Gasteiger partial charge in [-0.2, -0.15) is 0 Å². The summed E-state index contributed by atoms with van der Waals surface area (Å²) < 4.78 is 0. The number of nitrogens with zero attached hydrogens (tertiary/aromatic N) is 1. The fraction of sp³-hybridized carbons (Fsp3) is 0.364. The predicted molar refractivity (Wildman–Crippen MR) is 104 cm³/mol. The summed E-state index contributed by atoms with van der Waals surface area (Å²) in [4.78, 5) is 2.60. The van der Waals surface area contributed by atoms with Crippen LogP contribution >= 0.6 is 0 Å². The average molecular weight is 320 g/mol. The normalized spacial score (nSPS) is 15.5. The second-order valence-corrected chi connectivity index (χ2v) is 6.63. The van der Waals surface area contributed by atoms with Gasteiger partial charge in [0.2, 0.25) is 0 Å². The zero-order valence-electron chi connectivity index (χ0n) is 14.7. The van der Waals surface area contributed by atoms with Crippen molar-refractivity contribution in [3.8, 4) is 0 Å². The number of nitrogen functional groups attached to an aromatic ring is 1. The van der Waals surface area contributed by atoms with Gasteiger partial charge in [-0.1, -0.05) is 67.4 Å². The lowest BCUT2D eigenvalue weighted by molar-refractivity contribution is 0.253. The predicted octanol–water partition coefficient (Wildman–Crippen LogP) is 4.97. The molecule has 0 saturated carbocycles. The maximum absolute atomic E-state index is 6.31. The van der Waals surface area contributed by atoms with E-state index in [1.807, 2.05) is 12.1 Å². The Labute approximate surface area is 146 Å². The molecule has 0 aromatic heterocycles. The minimum atomic E-state index is 0.872. The maximum Gasteiger partial charge on any atom is 0.0393 e. The SMILES string of the molecule is CCCCN1CCC(=C(c2ccccc2)c2ccccc2N)CC1. The first-order chi connectivity index (χ1) is 11.8. The molecule has 0 aliphatic carbocycles. The molecule has 1 heterocycles. The Morgan fingerprint density at radius 2 is 1.62 bits per heavy atom. The van der Waals surface area contributed by atoms with Crippen molar-refractivity contribution in [2.75, 3.05) is 25.4 Å². The number of benzene rings is 2. The summed E-state index contributed by atoms with van der Waals surface area (Å²) >= 11 is 0. The number of rotatable bonds is 5. The van der Waals surface area contributed by atoms with Crippen LogP contribution < -0.4 is 5.73 Å². The van der Waals surface area contributed by atoms with Crippen LogP contribution in [0.25, 0.3) is 5.57 Å². The molecule has 1 saturated heterocycles. The number of anilines is 1.